The molecule has 0 radical (unpaired) electrons. The molecule has 1 unspecified atom stereocenters. The van der Waals surface area contributed by atoms with Crippen molar-refractivity contribution in [3.63, 3.8) is 0 Å². The molecular weight excluding hydrogens is 581 g/mol. The van der Waals surface area contributed by atoms with E-state index in [1.807, 2.05) is 39.8 Å². The lowest BCUT2D eigenvalue weighted by molar-refractivity contribution is -0.139. The summed E-state index contributed by atoms with van der Waals surface area (Å²) in [5, 5.41) is 3.49. The minimum Gasteiger partial charge on any atom is -0.354 e. The zero-order valence-electron chi connectivity index (χ0n) is 24.0. The van der Waals surface area contributed by atoms with E-state index in [9.17, 15) is 18.0 Å². The molecule has 0 aliphatic heterocycles. The molecule has 10 heteroatoms. The topological polar surface area (TPSA) is 86.8 Å². The van der Waals surface area contributed by atoms with Crippen LogP contribution < -0.4 is 9.62 Å². The molecule has 1 atom stereocenters. The monoisotopic (exact) mass is 617 g/mol. The fourth-order valence-corrected chi connectivity index (χ4v) is 6.16. The number of carbonyl (C=O) groups is 2. The molecule has 0 spiro atoms. The standard InChI is InChI=1S/C31H37Cl2N3O4S/c1-6-18-34-31(38)23(5)35(19-27-28(32)8-7-9-29(27)33)30(37)20-36(25-14-12-24(13-15-25)21(2)3)41(39,40)26-16-10-22(4)11-17-26/h7-17,21,23H,6,18-20H2,1-5H3,(H,34,38). The van der Waals surface area contributed by atoms with Gasteiger partial charge in [0.15, 0.2) is 0 Å². The number of benzene rings is 3. The van der Waals surface area contributed by atoms with Crippen LogP contribution in [0, 0.1) is 6.92 Å². The first-order valence-corrected chi connectivity index (χ1v) is 15.8. The van der Waals surface area contributed by atoms with Crippen LogP contribution in [0.15, 0.2) is 71.6 Å². The summed E-state index contributed by atoms with van der Waals surface area (Å²) in [5.41, 5.74) is 2.74. The molecule has 3 rings (SSSR count). The predicted octanol–water partition coefficient (Wildman–Crippen LogP) is 6.56. The summed E-state index contributed by atoms with van der Waals surface area (Å²) in [5.74, 6) is -0.701. The summed E-state index contributed by atoms with van der Waals surface area (Å²) >= 11 is 12.8. The van der Waals surface area contributed by atoms with Crippen molar-refractivity contribution in [2.75, 3.05) is 17.4 Å². The Morgan fingerprint density at radius 2 is 1.49 bits per heavy atom. The second kappa shape index (κ2) is 14.2. The molecule has 0 saturated heterocycles. The molecule has 0 aromatic heterocycles. The zero-order chi connectivity index (χ0) is 30.3. The highest BCUT2D eigenvalue weighted by atomic mass is 35.5. The van der Waals surface area contributed by atoms with Crippen LogP contribution in [0.3, 0.4) is 0 Å². The molecule has 2 amide bonds. The lowest BCUT2D eigenvalue weighted by Gasteiger charge is -2.32. The highest BCUT2D eigenvalue weighted by Gasteiger charge is 2.33. The number of rotatable bonds is 12. The molecule has 0 fully saturated rings. The van der Waals surface area contributed by atoms with Crippen LogP contribution in [0.2, 0.25) is 10.0 Å². The number of anilines is 1. The van der Waals surface area contributed by atoms with Crippen molar-refractivity contribution in [1.82, 2.24) is 10.2 Å². The number of hydrogen-bond donors (Lipinski definition) is 1. The van der Waals surface area contributed by atoms with Gasteiger partial charge < -0.3 is 10.2 Å². The fraction of sp³-hybridized carbons (Fsp3) is 0.355. The molecule has 0 bridgehead atoms. The molecule has 220 valence electrons. The van der Waals surface area contributed by atoms with Gasteiger partial charge in [-0.25, -0.2) is 8.42 Å². The van der Waals surface area contributed by atoms with E-state index in [1.165, 1.54) is 17.0 Å². The summed E-state index contributed by atoms with van der Waals surface area (Å²) < 4.78 is 29.0. The number of nitrogens with one attached hydrogen (secondary N) is 1. The molecule has 1 N–H and O–H groups in total. The van der Waals surface area contributed by atoms with E-state index < -0.39 is 28.5 Å². The highest BCUT2D eigenvalue weighted by Crippen LogP contribution is 2.29. The molecule has 0 heterocycles. The maximum Gasteiger partial charge on any atom is 0.264 e. The van der Waals surface area contributed by atoms with E-state index >= 15 is 0 Å². The second-order valence-corrected chi connectivity index (χ2v) is 12.9. The lowest BCUT2D eigenvalue weighted by atomic mass is 10.0. The van der Waals surface area contributed by atoms with E-state index in [-0.39, 0.29) is 23.3 Å². The SMILES string of the molecule is CCCNC(=O)C(C)N(Cc1c(Cl)cccc1Cl)C(=O)CN(c1ccc(C(C)C)cc1)S(=O)(=O)c1ccc(C)cc1. The number of aryl methyl sites for hydroxylation is 1. The van der Waals surface area contributed by atoms with Crippen LogP contribution >= 0.6 is 23.2 Å². The molecule has 3 aromatic rings. The number of nitrogens with zero attached hydrogens (tertiary/aromatic N) is 2. The third kappa shape index (κ3) is 8.03. The number of sulfonamides is 1. The maximum atomic E-state index is 14.0. The molecule has 0 saturated carbocycles. The first-order chi connectivity index (χ1) is 19.4. The Bertz CT molecular complexity index is 1440. The van der Waals surface area contributed by atoms with Gasteiger partial charge in [-0.15, -0.1) is 0 Å². The Hall–Kier alpha value is -3.07. The van der Waals surface area contributed by atoms with E-state index in [2.05, 4.69) is 5.32 Å². The Labute approximate surface area is 253 Å². The van der Waals surface area contributed by atoms with E-state index in [0.717, 1.165) is 21.9 Å². The minimum atomic E-state index is -4.15. The van der Waals surface area contributed by atoms with E-state index in [0.29, 0.717) is 27.8 Å². The van der Waals surface area contributed by atoms with Crippen LogP contribution in [0.25, 0.3) is 0 Å². The van der Waals surface area contributed by atoms with Gasteiger partial charge in [0.2, 0.25) is 11.8 Å². The van der Waals surface area contributed by atoms with Crippen LogP contribution in [0.5, 0.6) is 0 Å². The van der Waals surface area contributed by atoms with Gasteiger partial charge in [0, 0.05) is 28.7 Å². The summed E-state index contributed by atoms with van der Waals surface area (Å²) in [6.07, 6.45) is 0.720. The van der Waals surface area contributed by atoms with Gasteiger partial charge in [0.05, 0.1) is 10.6 Å². The van der Waals surface area contributed by atoms with Gasteiger partial charge >= 0.3 is 0 Å². The second-order valence-electron chi connectivity index (χ2n) is 10.3. The van der Waals surface area contributed by atoms with Gasteiger partial charge in [-0.05, 0) is 68.1 Å². The van der Waals surface area contributed by atoms with Crippen LogP contribution in [-0.2, 0) is 26.2 Å². The summed E-state index contributed by atoms with van der Waals surface area (Å²) in [6, 6.07) is 17.6. The lowest BCUT2D eigenvalue weighted by Crippen LogP contribution is -2.51. The zero-order valence-corrected chi connectivity index (χ0v) is 26.4. The van der Waals surface area contributed by atoms with Gasteiger partial charge in [-0.2, -0.15) is 0 Å². The van der Waals surface area contributed by atoms with E-state index in [1.54, 1.807) is 49.4 Å². The average molecular weight is 619 g/mol. The van der Waals surface area contributed by atoms with Gasteiger partial charge in [-0.3, -0.25) is 13.9 Å². The van der Waals surface area contributed by atoms with Crippen LogP contribution in [0.1, 0.15) is 56.7 Å². The first kappa shape index (κ1) is 32.4. The quantitative estimate of drug-likeness (QED) is 0.249. The molecule has 0 aliphatic rings. The van der Waals surface area contributed by atoms with Crippen molar-refractivity contribution in [3.05, 3.63) is 93.5 Å². The number of amides is 2. The average Bonchev–Trinajstić information content (AvgIpc) is 2.94. The molecule has 41 heavy (non-hydrogen) atoms. The number of carbonyl (C=O) groups excluding carboxylic acids is 2. The van der Waals surface area contributed by atoms with Crippen molar-refractivity contribution in [1.29, 1.82) is 0 Å². The van der Waals surface area contributed by atoms with Crippen molar-refractivity contribution in [2.45, 2.75) is 64.4 Å². The fourth-order valence-electron chi connectivity index (χ4n) is 4.22. The van der Waals surface area contributed by atoms with Crippen molar-refractivity contribution >= 4 is 50.7 Å². The molecular formula is C31H37Cl2N3O4S. The van der Waals surface area contributed by atoms with Gasteiger partial charge in [-0.1, -0.05) is 79.9 Å². The summed E-state index contributed by atoms with van der Waals surface area (Å²) in [7, 11) is -4.15. The maximum absolute atomic E-state index is 14.0. The Morgan fingerprint density at radius 3 is 2.02 bits per heavy atom. The van der Waals surface area contributed by atoms with Crippen LogP contribution in [0.4, 0.5) is 5.69 Å². The van der Waals surface area contributed by atoms with Crippen molar-refractivity contribution < 1.29 is 18.0 Å². The molecule has 3 aromatic carbocycles. The van der Waals surface area contributed by atoms with E-state index in [4.69, 9.17) is 23.2 Å². The summed E-state index contributed by atoms with van der Waals surface area (Å²) in [6.45, 7) is 9.30. The molecule has 0 aliphatic carbocycles. The minimum absolute atomic E-state index is 0.0540. The highest BCUT2D eigenvalue weighted by molar-refractivity contribution is 7.92. The summed E-state index contributed by atoms with van der Waals surface area (Å²) in [4.78, 5) is 28.4. The molecule has 7 nitrogen and oxygen atoms in total. The normalized spacial score (nSPS) is 12.2. The van der Waals surface area contributed by atoms with Gasteiger partial charge in [0.25, 0.3) is 10.0 Å². The largest absolute Gasteiger partial charge is 0.354 e. The number of halogens is 2. The Balaban J connectivity index is 2.07. The Morgan fingerprint density at radius 1 is 0.902 bits per heavy atom. The van der Waals surface area contributed by atoms with Crippen molar-refractivity contribution in [3.8, 4) is 0 Å². The number of hydrogen-bond acceptors (Lipinski definition) is 4. The third-order valence-electron chi connectivity index (χ3n) is 6.84. The predicted molar refractivity (Wildman–Crippen MR) is 166 cm³/mol. The Kier molecular flexibility index (Phi) is 11.2. The van der Waals surface area contributed by atoms with Gasteiger partial charge in [0.1, 0.15) is 12.6 Å². The first-order valence-electron chi connectivity index (χ1n) is 13.6. The third-order valence-corrected chi connectivity index (χ3v) is 9.34. The smallest absolute Gasteiger partial charge is 0.264 e. The van der Waals surface area contributed by atoms with Crippen LogP contribution in [-0.4, -0.2) is 44.3 Å². The van der Waals surface area contributed by atoms with Crippen molar-refractivity contribution in [2.24, 2.45) is 0 Å².